The number of benzene rings is 1. The lowest BCUT2D eigenvalue weighted by atomic mass is 9.52. The maximum atomic E-state index is 11.5. The molecular formula is C21H25NO3. The van der Waals surface area contributed by atoms with Gasteiger partial charge in [-0.3, -0.25) is 4.79 Å². The molecule has 4 heteroatoms. The molecule has 4 rings (SSSR count). The molecule has 132 valence electrons. The van der Waals surface area contributed by atoms with Crippen molar-refractivity contribution >= 4 is 5.97 Å². The van der Waals surface area contributed by atoms with Crippen molar-refractivity contribution in [2.24, 2.45) is 23.2 Å². The Morgan fingerprint density at radius 2 is 2.16 bits per heavy atom. The quantitative estimate of drug-likeness (QED) is 0.787. The van der Waals surface area contributed by atoms with Gasteiger partial charge in [0.1, 0.15) is 11.9 Å². The topological polar surface area (TPSA) is 70.3 Å². The first-order valence-electron chi connectivity index (χ1n) is 9.32. The Labute approximate surface area is 148 Å². The molecule has 3 aliphatic rings. The van der Waals surface area contributed by atoms with E-state index in [1.165, 1.54) is 12.5 Å². The highest BCUT2D eigenvalue weighted by Gasteiger charge is 2.58. The van der Waals surface area contributed by atoms with Gasteiger partial charge >= 0.3 is 5.97 Å². The Bertz CT molecular complexity index is 752. The van der Waals surface area contributed by atoms with Gasteiger partial charge < -0.3 is 9.84 Å². The van der Waals surface area contributed by atoms with E-state index in [2.05, 4.69) is 19.1 Å². The summed E-state index contributed by atoms with van der Waals surface area (Å²) in [7, 11) is 0. The summed E-state index contributed by atoms with van der Waals surface area (Å²) in [6, 6.07) is 8.22. The first kappa shape index (κ1) is 16.4. The van der Waals surface area contributed by atoms with Gasteiger partial charge in [0.05, 0.1) is 12.0 Å². The van der Waals surface area contributed by atoms with Crippen molar-refractivity contribution in [1.29, 1.82) is 5.26 Å². The maximum absolute atomic E-state index is 11.5. The van der Waals surface area contributed by atoms with Gasteiger partial charge in [0.15, 0.2) is 0 Å². The molecule has 4 nitrogen and oxygen atoms in total. The molecule has 0 radical (unpaired) electrons. The molecule has 0 bridgehead atoms. The zero-order valence-electron chi connectivity index (χ0n) is 14.9. The number of nitriles is 1. The summed E-state index contributed by atoms with van der Waals surface area (Å²) < 4.78 is 5.66. The molecule has 0 amide bonds. The van der Waals surface area contributed by atoms with E-state index >= 15 is 0 Å². The smallest absolute Gasteiger partial charge is 0.302 e. The van der Waals surface area contributed by atoms with Gasteiger partial charge in [0.2, 0.25) is 0 Å². The molecular weight excluding hydrogens is 314 g/mol. The van der Waals surface area contributed by atoms with Gasteiger partial charge in [-0.2, -0.15) is 5.26 Å². The monoisotopic (exact) mass is 339 g/mol. The summed E-state index contributed by atoms with van der Waals surface area (Å²) in [4.78, 5) is 11.5. The van der Waals surface area contributed by atoms with Gasteiger partial charge in [-0.15, -0.1) is 0 Å². The molecule has 1 N–H and O–H groups in total. The lowest BCUT2D eigenvalue weighted by Crippen LogP contribution is -2.47. The van der Waals surface area contributed by atoms with Crippen LogP contribution >= 0.6 is 0 Å². The molecule has 25 heavy (non-hydrogen) atoms. The SMILES string of the molecule is CC(=O)O[C@H]1CC[C@H]2[C@@H]3[C@H](C#N)Cc4cc(O)ccc4[C@H]3CC[C@]12C. The van der Waals surface area contributed by atoms with Crippen LogP contribution in [0.4, 0.5) is 0 Å². The number of phenols is 1. The van der Waals surface area contributed by atoms with Crippen molar-refractivity contribution in [1.82, 2.24) is 0 Å². The fraction of sp³-hybridized carbons (Fsp3) is 0.619. The first-order chi connectivity index (χ1) is 11.9. The van der Waals surface area contributed by atoms with E-state index in [1.54, 1.807) is 6.07 Å². The molecule has 0 unspecified atom stereocenters. The number of aromatic hydroxyl groups is 1. The maximum Gasteiger partial charge on any atom is 0.302 e. The van der Waals surface area contributed by atoms with Gasteiger partial charge in [-0.05, 0) is 73.1 Å². The normalized spacial score (nSPS) is 38.8. The zero-order chi connectivity index (χ0) is 17.8. The zero-order valence-corrected chi connectivity index (χ0v) is 14.9. The van der Waals surface area contributed by atoms with E-state index in [0.717, 1.165) is 31.2 Å². The van der Waals surface area contributed by atoms with Crippen molar-refractivity contribution in [2.45, 2.75) is 58.0 Å². The second kappa shape index (κ2) is 5.76. The number of phenolic OH excluding ortho intramolecular Hbond substituents is 1. The number of nitrogens with zero attached hydrogens (tertiary/aromatic N) is 1. The summed E-state index contributed by atoms with van der Waals surface area (Å²) in [5, 5.41) is 19.7. The Morgan fingerprint density at radius 3 is 2.88 bits per heavy atom. The third-order valence-electron chi connectivity index (χ3n) is 7.15. The molecule has 3 aliphatic carbocycles. The van der Waals surface area contributed by atoms with E-state index in [0.29, 0.717) is 24.2 Å². The Balaban J connectivity index is 1.72. The van der Waals surface area contributed by atoms with E-state index in [9.17, 15) is 15.2 Å². The van der Waals surface area contributed by atoms with Gasteiger partial charge in [0.25, 0.3) is 0 Å². The number of carbonyl (C=O) groups excluding carboxylic acids is 1. The number of hydrogen-bond donors (Lipinski definition) is 1. The number of esters is 1. The number of carbonyl (C=O) groups is 1. The lowest BCUT2D eigenvalue weighted by molar-refractivity contribution is -0.155. The Hall–Kier alpha value is -2.02. The Morgan fingerprint density at radius 1 is 1.36 bits per heavy atom. The minimum absolute atomic E-state index is 0.0171. The van der Waals surface area contributed by atoms with E-state index in [1.807, 2.05) is 6.07 Å². The van der Waals surface area contributed by atoms with Crippen LogP contribution in [0.5, 0.6) is 5.75 Å². The highest BCUT2D eigenvalue weighted by Crippen LogP contribution is 2.62. The largest absolute Gasteiger partial charge is 0.508 e. The van der Waals surface area contributed by atoms with Crippen LogP contribution < -0.4 is 0 Å². The second-order valence-electron chi connectivity index (χ2n) is 8.33. The van der Waals surface area contributed by atoms with Gasteiger partial charge in [0, 0.05) is 12.3 Å². The standard InChI is InChI=1S/C21H25NO3/c1-12(23)25-19-6-5-18-20-14(11-22)9-13-10-15(24)3-4-16(13)17(20)7-8-21(18,19)2/h3-4,10,14,17-20,24H,5-9H2,1-2H3/t14-,17+,18-,19-,20+,21-/m0/s1. The van der Waals surface area contributed by atoms with Gasteiger partial charge in [-0.25, -0.2) is 0 Å². The van der Waals surface area contributed by atoms with E-state index in [4.69, 9.17) is 4.74 Å². The Kier molecular flexibility index (Phi) is 3.79. The van der Waals surface area contributed by atoms with Crippen LogP contribution in [-0.2, 0) is 16.0 Å². The molecule has 6 atom stereocenters. The highest BCUT2D eigenvalue weighted by atomic mass is 16.5. The summed E-state index contributed by atoms with van der Waals surface area (Å²) in [6.07, 6.45) is 4.68. The average Bonchev–Trinajstić information content (AvgIpc) is 2.89. The molecule has 1 aromatic carbocycles. The molecule has 0 aliphatic heterocycles. The molecule has 0 aromatic heterocycles. The highest BCUT2D eigenvalue weighted by molar-refractivity contribution is 5.66. The fourth-order valence-electron chi connectivity index (χ4n) is 6.10. The molecule has 0 spiro atoms. The number of fused-ring (bicyclic) bond motifs is 5. The predicted molar refractivity (Wildman–Crippen MR) is 92.8 cm³/mol. The van der Waals surface area contributed by atoms with E-state index < -0.39 is 0 Å². The third kappa shape index (κ3) is 2.44. The lowest BCUT2D eigenvalue weighted by Gasteiger charge is -2.51. The number of ether oxygens (including phenoxy) is 1. The summed E-state index contributed by atoms with van der Waals surface area (Å²) >= 11 is 0. The minimum atomic E-state index is -0.199. The predicted octanol–water partition coefficient (Wildman–Crippen LogP) is 3.93. The van der Waals surface area contributed by atoms with Crippen molar-refractivity contribution in [3.8, 4) is 11.8 Å². The van der Waals surface area contributed by atoms with Crippen molar-refractivity contribution in [3.63, 3.8) is 0 Å². The van der Waals surface area contributed by atoms with Crippen molar-refractivity contribution < 1.29 is 14.6 Å². The second-order valence-corrected chi connectivity index (χ2v) is 8.33. The van der Waals surface area contributed by atoms with Crippen LogP contribution in [0.3, 0.4) is 0 Å². The van der Waals surface area contributed by atoms with Crippen LogP contribution in [0.15, 0.2) is 18.2 Å². The minimum Gasteiger partial charge on any atom is -0.508 e. The first-order valence-corrected chi connectivity index (χ1v) is 9.32. The van der Waals surface area contributed by atoms with Crippen LogP contribution in [0.2, 0.25) is 0 Å². The third-order valence-corrected chi connectivity index (χ3v) is 7.15. The summed E-state index contributed by atoms with van der Waals surface area (Å²) in [6.45, 7) is 3.75. The molecule has 1 aromatic rings. The van der Waals surface area contributed by atoms with E-state index in [-0.39, 0.29) is 29.2 Å². The molecule has 0 heterocycles. The van der Waals surface area contributed by atoms with Crippen LogP contribution in [0.1, 0.15) is 56.6 Å². The summed E-state index contributed by atoms with van der Waals surface area (Å²) in [5.74, 6) is 1.17. The number of hydrogen-bond acceptors (Lipinski definition) is 4. The molecule has 2 saturated carbocycles. The van der Waals surface area contributed by atoms with Crippen molar-refractivity contribution in [3.05, 3.63) is 29.3 Å². The summed E-state index contributed by atoms with van der Waals surface area (Å²) in [5.41, 5.74) is 2.43. The van der Waals surface area contributed by atoms with Gasteiger partial charge in [-0.1, -0.05) is 13.0 Å². The molecule has 0 saturated heterocycles. The van der Waals surface area contributed by atoms with Crippen LogP contribution in [0.25, 0.3) is 0 Å². The molecule has 2 fully saturated rings. The van der Waals surface area contributed by atoms with Crippen molar-refractivity contribution in [2.75, 3.05) is 0 Å². The number of rotatable bonds is 1. The average molecular weight is 339 g/mol. The fourth-order valence-corrected chi connectivity index (χ4v) is 6.10. The van der Waals surface area contributed by atoms with Crippen LogP contribution in [0, 0.1) is 34.5 Å². The van der Waals surface area contributed by atoms with Crippen LogP contribution in [-0.4, -0.2) is 17.2 Å².